The molecule has 0 aliphatic carbocycles. The number of fused-ring (bicyclic) bond motifs is 1. The van der Waals surface area contributed by atoms with E-state index in [1.54, 1.807) is 4.90 Å². The average Bonchev–Trinajstić information content (AvgIpc) is 3.14. The van der Waals surface area contributed by atoms with Crippen LogP contribution in [0, 0.1) is 5.92 Å². The van der Waals surface area contributed by atoms with Crippen LogP contribution in [0.2, 0.25) is 5.04 Å². The zero-order valence-electron chi connectivity index (χ0n) is 18.4. The summed E-state index contributed by atoms with van der Waals surface area (Å²) in [5.41, 5.74) is -0.525. The molecule has 0 unspecified atom stereocenters. The standard InChI is InChI=1S/C25H32FNO2Si/c1-19-15-25(16-20(26)17-27(25)23(19)28)18-29-30(24(2,3)4,21-11-7-5-8-12-21)22-13-9-6-10-14-22/h5-14,19-20H,15-18H2,1-4H3/t19-,20-,25+/m1/s1. The van der Waals surface area contributed by atoms with Crippen molar-refractivity contribution in [1.82, 2.24) is 4.90 Å². The molecule has 2 aliphatic heterocycles. The van der Waals surface area contributed by atoms with E-state index in [1.165, 1.54) is 10.4 Å². The summed E-state index contributed by atoms with van der Waals surface area (Å²) in [7, 11) is -2.71. The number of alkyl halides is 1. The third-order valence-corrected chi connectivity index (χ3v) is 11.9. The van der Waals surface area contributed by atoms with Crippen LogP contribution < -0.4 is 10.4 Å². The molecule has 0 spiro atoms. The number of halogens is 1. The van der Waals surface area contributed by atoms with Gasteiger partial charge in [0.2, 0.25) is 5.91 Å². The van der Waals surface area contributed by atoms with E-state index < -0.39 is 20.0 Å². The van der Waals surface area contributed by atoms with Crippen molar-refractivity contribution in [2.75, 3.05) is 13.2 Å². The van der Waals surface area contributed by atoms with Crippen molar-refractivity contribution < 1.29 is 13.6 Å². The topological polar surface area (TPSA) is 29.5 Å². The second-order valence-electron chi connectivity index (χ2n) is 10.0. The van der Waals surface area contributed by atoms with Gasteiger partial charge >= 0.3 is 0 Å². The number of nitrogens with zero attached hydrogens (tertiary/aromatic N) is 1. The van der Waals surface area contributed by atoms with Crippen LogP contribution in [0.3, 0.4) is 0 Å². The summed E-state index contributed by atoms with van der Waals surface area (Å²) in [4.78, 5) is 14.5. The Bertz CT molecular complexity index is 859. The van der Waals surface area contributed by atoms with Crippen LogP contribution in [0.4, 0.5) is 4.39 Å². The van der Waals surface area contributed by atoms with Crippen LogP contribution >= 0.6 is 0 Å². The molecule has 0 bridgehead atoms. The van der Waals surface area contributed by atoms with Gasteiger partial charge in [0.1, 0.15) is 6.17 Å². The summed E-state index contributed by atoms with van der Waals surface area (Å²) in [6.45, 7) is 9.26. The second-order valence-corrected chi connectivity index (χ2v) is 14.3. The van der Waals surface area contributed by atoms with Crippen LogP contribution in [-0.4, -0.2) is 44.0 Å². The van der Waals surface area contributed by atoms with Crippen molar-refractivity contribution in [2.24, 2.45) is 5.92 Å². The smallest absolute Gasteiger partial charge is 0.261 e. The van der Waals surface area contributed by atoms with Gasteiger partial charge < -0.3 is 9.33 Å². The van der Waals surface area contributed by atoms with Crippen LogP contribution in [0.15, 0.2) is 60.7 Å². The summed E-state index contributed by atoms with van der Waals surface area (Å²) in [5.74, 6) is 0.00134. The molecule has 3 atom stereocenters. The van der Waals surface area contributed by atoms with E-state index in [0.29, 0.717) is 19.4 Å². The first-order valence-electron chi connectivity index (χ1n) is 10.9. The Balaban J connectivity index is 1.79. The van der Waals surface area contributed by atoms with E-state index in [1.807, 2.05) is 19.1 Å². The lowest BCUT2D eigenvalue weighted by atomic mass is 9.91. The first kappa shape index (κ1) is 21.3. The zero-order chi connectivity index (χ0) is 21.6. The number of hydrogen-bond acceptors (Lipinski definition) is 2. The maximum absolute atomic E-state index is 14.5. The summed E-state index contributed by atoms with van der Waals surface area (Å²) in [6.07, 6.45) is 0.0790. The molecule has 2 aliphatic rings. The summed E-state index contributed by atoms with van der Waals surface area (Å²) in [6, 6.07) is 21.0. The van der Waals surface area contributed by atoms with Crippen LogP contribution in [-0.2, 0) is 9.22 Å². The molecular formula is C25H32FNO2Si. The van der Waals surface area contributed by atoms with Crippen LogP contribution in [0.25, 0.3) is 0 Å². The molecule has 0 radical (unpaired) electrons. The molecule has 2 fully saturated rings. The molecule has 4 rings (SSSR count). The number of amides is 1. The largest absolute Gasteiger partial charge is 0.405 e. The molecule has 0 saturated carbocycles. The number of hydrogen-bond donors (Lipinski definition) is 0. The first-order valence-corrected chi connectivity index (χ1v) is 12.8. The molecule has 2 heterocycles. The van der Waals surface area contributed by atoms with E-state index in [2.05, 4.69) is 69.3 Å². The predicted molar refractivity (Wildman–Crippen MR) is 121 cm³/mol. The van der Waals surface area contributed by atoms with Crippen molar-refractivity contribution in [3.8, 4) is 0 Å². The van der Waals surface area contributed by atoms with Crippen molar-refractivity contribution >= 4 is 24.6 Å². The summed E-state index contributed by atoms with van der Waals surface area (Å²) >= 11 is 0. The highest BCUT2D eigenvalue weighted by atomic mass is 28.4. The second kappa shape index (κ2) is 7.61. The van der Waals surface area contributed by atoms with E-state index in [9.17, 15) is 9.18 Å². The average molecular weight is 426 g/mol. The Kier molecular flexibility index (Phi) is 5.39. The van der Waals surface area contributed by atoms with Gasteiger partial charge in [-0.15, -0.1) is 0 Å². The molecule has 1 amide bonds. The van der Waals surface area contributed by atoms with Crippen molar-refractivity contribution in [3.63, 3.8) is 0 Å². The van der Waals surface area contributed by atoms with Gasteiger partial charge in [-0.1, -0.05) is 88.4 Å². The Labute approximate surface area is 180 Å². The van der Waals surface area contributed by atoms with Crippen molar-refractivity contribution in [1.29, 1.82) is 0 Å². The fourth-order valence-electron chi connectivity index (χ4n) is 5.62. The minimum absolute atomic E-state index is 0.0692. The molecule has 2 aromatic rings. The summed E-state index contributed by atoms with van der Waals surface area (Å²) in [5, 5.41) is 2.27. The van der Waals surface area contributed by atoms with Gasteiger partial charge in [0, 0.05) is 12.3 Å². The first-order chi connectivity index (χ1) is 14.2. The van der Waals surface area contributed by atoms with Gasteiger partial charge in [0.25, 0.3) is 8.32 Å². The lowest BCUT2D eigenvalue weighted by molar-refractivity contribution is -0.132. The molecule has 2 saturated heterocycles. The molecule has 5 heteroatoms. The number of benzene rings is 2. The molecule has 30 heavy (non-hydrogen) atoms. The quantitative estimate of drug-likeness (QED) is 0.680. The normalized spacial score (nSPS) is 26.8. The van der Waals surface area contributed by atoms with Crippen molar-refractivity contribution in [3.05, 3.63) is 60.7 Å². The SMILES string of the molecule is C[C@@H]1C[C@@]2(CO[Si](c3ccccc3)(c3ccccc3)C(C)(C)C)C[C@@H](F)CN2C1=O. The monoisotopic (exact) mass is 425 g/mol. The van der Waals surface area contributed by atoms with Crippen LogP contribution in [0.5, 0.6) is 0 Å². The Hall–Kier alpha value is -1.98. The van der Waals surface area contributed by atoms with Gasteiger partial charge in [-0.05, 0) is 21.8 Å². The fraction of sp³-hybridized carbons (Fsp3) is 0.480. The van der Waals surface area contributed by atoms with Gasteiger partial charge in [0.05, 0.1) is 18.7 Å². The van der Waals surface area contributed by atoms with Gasteiger partial charge in [-0.2, -0.15) is 0 Å². The molecule has 3 nitrogen and oxygen atoms in total. The fourth-order valence-corrected chi connectivity index (χ4v) is 10.3. The third-order valence-electron chi connectivity index (χ3n) is 6.90. The highest BCUT2D eigenvalue weighted by molar-refractivity contribution is 6.99. The van der Waals surface area contributed by atoms with E-state index in [0.717, 1.165) is 0 Å². The van der Waals surface area contributed by atoms with Gasteiger partial charge in [0.15, 0.2) is 0 Å². The number of carbonyl (C=O) groups is 1. The predicted octanol–water partition coefficient (Wildman–Crippen LogP) is 3.91. The van der Waals surface area contributed by atoms with E-state index in [-0.39, 0.29) is 23.4 Å². The third kappa shape index (κ3) is 3.32. The Morgan fingerprint density at radius 1 is 1.03 bits per heavy atom. The van der Waals surface area contributed by atoms with Crippen molar-refractivity contribution in [2.45, 2.75) is 57.3 Å². The van der Waals surface area contributed by atoms with Crippen LogP contribution in [0.1, 0.15) is 40.5 Å². The minimum atomic E-state index is -2.71. The summed E-state index contributed by atoms with van der Waals surface area (Å²) < 4.78 is 21.5. The van der Waals surface area contributed by atoms with Gasteiger partial charge in [-0.3, -0.25) is 4.79 Å². The zero-order valence-corrected chi connectivity index (χ0v) is 19.4. The van der Waals surface area contributed by atoms with E-state index in [4.69, 9.17) is 4.43 Å². The Morgan fingerprint density at radius 3 is 2.07 bits per heavy atom. The highest BCUT2D eigenvalue weighted by Gasteiger charge is 2.58. The molecular weight excluding hydrogens is 393 g/mol. The number of carbonyl (C=O) groups excluding carboxylic acids is 1. The minimum Gasteiger partial charge on any atom is -0.405 e. The Morgan fingerprint density at radius 2 is 1.57 bits per heavy atom. The molecule has 0 N–H and O–H groups in total. The molecule has 2 aromatic carbocycles. The van der Waals surface area contributed by atoms with E-state index >= 15 is 0 Å². The lowest BCUT2D eigenvalue weighted by Gasteiger charge is -2.45. The van der Waals surface area contributed by atoms with Gasteiger partial charge in [-0.25, -0.2) is 4.39 Å². The highest BCUT2D eigenvalue weighted by Crippen LogP contribution is 2.45. The lowest BCUT2D eigenvalue weighted by Crippen LogP contribution is -2.68. The maximum Gasteiger partial charge on any atom is 0.261 e. The number of rotatable bonds is 5. The molecule has 0 aromatic heterocycles. The molecule has 160 valence electrons. The maximum atomic E-state index is 14.5.